The molecule has 2 heterocycles. The maximum absolute atomic E-state index is 12.7. The van der Waals surface area contributed by atoms with Gasteiger partial charge in [-0.1, -0.05) is 18.2 Å². The molecule has 124 valence electrons. The number of ether oxygens (including phenoxy) is 1. The van der Waals surface area contributed by atoms with E-state index in [4.69, 9.17) is 4.74 Å². The third-order valence-corrected chi connectivity index (χ3v) is 5.70. The topological polar surface area (TPSA) is 68.3 Å². The van der Waals surface area contributed by atoms with E-state index in [1.807, 2.05) is 12.1 Å². The van der Waals surface area contributed by atoms with Crippen LogP contribution in [0.1, 0.15) is 46.3 Å². The molecule has 0 unspecified atom stereocenters. The van der Waals surface area contributed by atoms with Crippen LogP contribution in [0.15, 0.2) is 24.3 Å². The maximum atomic E-state index is 12.7. The largest absolute Gasteiger partial charge is 0.445 e. The molecule has 0 saturated heterocycles. The van der Waals surface area contributed by atoms with Crippen molar-refractivity contribution in [2.24, 2.45) is 0 Å². The zero-order chi connectivity index (χ0) is 16.7. The zero-order valence-corrected chi connectivity index (χ0v) is 14.2. The summed E-state index contributed by atoms with van der Waals surface area (Å²) in [6, 6.07) is 7.25. The van der Waals surface area contributed by atoms with Crippen molar-refractivity contribution in [2.75, 3.05) is 5.32 Å². The summed E-state index contributed by atoms with van der Waals surface area (Å²) in [6.07, 6.45) is 4.70. The van der Waals surface area contributed by atoms with Crippen LogP contribution in [0, 0.1) is 0 Å². The minimum absolute atomic E-state index is 0.323. The number of aromatic nitrogens is 1. The lowest BCUT2D eigenvalue weighted by Gasteiger charge is -2.32. The van der Waals surface area contributed by atoms with Gasteiger partial charge in [-0.15, -0.1) is 11.3 Å². The third-order valence-electron chi connectivity index (χ3n) is 4.63. The number of nitrogens with one attached hydrogen (secondary N) is 1. The first-order chi connectivity index (χ1) is 11.5. The quantitative estimate of drug-likeness (QED) is 0.852. The lowest BCUT2D eigenvalue weighted by molar-refractivity contribution is -0.134. The highest BCUT2D eigenvalue weighted by Gasteiger charge is 2.43. The molecule has 0 spiro atoms. The Labute approximate surface area is 144 Å². The Hall–Kier alpha value is -2.21. The highest BCUT2D eigenvalue weighted by molar-refractivity contribution is 7.15. The second-order valence-corrected chi connectivity index (χ2v) is 7.59. The molecule has 1 atom stereocenters. The Morgan fingerprint density at radius 3 is 2.92 bits per heavy atom. The highest BCUT2D eigenvalue weighted by atomic mass is 32.1. The Balaban J connectivity index is 1.56. The van der Waals surface area contributed by atoms with Gasteiger partial charge in [-0.05, 0) is 44.2 Å². The predicted molar refractivity (Wildman–Crippen MR) is 91.4 cm³/mol. The SMILES string of the molecule is C[C@@]1(C(=O)Nc2nc3c(s2)CCCC3)Cc2ccccc2C(=O)O1. The van der Waals surface area contributed by atoms with Gasteiger partial charge >= 0.3 is 5.97 Å². The number of aryl methyl sites for hydroxylation is 2. The van der Waals surface area contributed by atoms with Gasteiger partial charge in [-0.2, -0.15) is 0 Å². The van der Waals surface area contributed by atoms with E-state index in [9.17, 15) is 9.59 Å². The van der Waals surface area contributed by atoms with Crippen LogP contribution in [0.2, 0.25) is 0 Å². The number of fused-ring (bicyclic) bond motifs is 2. The molecule has 5 nitrogen and oxygen atoms in total. The van der Waals surface area contributed by atoms with Crippen LogP contribution in [0.5, 0.6) is 0 Å². The second-order valence-electron chi connectivity index (χ2n) is 6.50. The van der Waals surface area contributed by atoms with Crippen molar-refractivity contribution in [1.82, 2.24) is 4.98 Å². The number of esters is 1. The fourth-order valence-corrected chi connectivity index (χ4v) is 4.34. The molecule has 6 heteroatoms. The van der Waals surface area contributed by atoms with E-state index in [2.05, 4.69) is 10.3 Å². The standard InChI is InChI=1S/C18H18N2O3S/c1-18(10-11-6-2-3-7-12(11)15(21)23-18)16(22)20-17-19-13-8-4-5-9-14(13)24-17/h2-3,6-7H,4-5,8-10H2,1H3,(H,19,20,22)/t18-/m0/s1. The number of rotatable bonds is 2. The molecular formula is C18H18N2O3S. The molecule has 2 aromatic rings. The molecule has 1 amide bonds. The van der Waals surface area contributed by atoms with Crippen molar-refractivity contribution in [2.45, 2.75) is 44.6 Å². The molecule has 1 aliphatic heterocycles. The summed E-state index contributed by atoms with van der Waals surface area (Å²) >= 11 is 1.53. The van der Waals surface area contributed by atoms with Crippen molar-refractivity contribution in [3.8, 4) is 0 Å². The number of cyclic esters (lactones) is 1. The Morgan fingerprint density at radius 1 is 1.29 bits per heavy atom. The summed E-state index contributed by atoms with van der Waals surface area (Å²) < 4.78 is 5.46. The first-order valence-electron chi connectivity index (χ1n) is 8.16. The number of hydrogen-bond donors (Lipinski definition) is 1. The molecule has 1 N–H and O–H groups in total. The lowest BCUT2D eigenvalue weighted by atomic mass is 9.89. The van der Waals surface area contributed by atoms with Gasteiger partial charge in [-0.3, -0.25) is 10.1 Å². The van der Waals surface area contributed by atoms with Crippen LogP contribution in [-0.4, -0.2) is 22.5 Å². The molecule has 0 radical (unpaired) electrons. The molecule has 1 aromatic heterocycles. The summed E-state index contributed by atoms with van der Waals surface area (Å²) in [5.41, 5.74) is 1.26. The molecule has 1 aliphatic carbocycles. The summed E-state index contributed by atoms with van der Waals surface area (Å²) in [4.78, 5) is 30.7. The molecular weight excluding hydrogens is 324 g/mol. The lowest BCUT2D eigenvalue weighted by Crippen LogP contribution is -2.48. The summed E-state index contributed by atoms with van der Waals surface area (Å²) in [5.74, 6) is -0.774. The minimum atomic E-state index is -1.21. The second kappa shape index (κ2) is 5.70. The maximum Gasteiger partial charge on any atom is 0.339 e. The number of carbonyl (C=O) groups is 2. The average Bonchev–Trinajstić information content (AvgIpc) is 2.97. The first kappa shape index (κ1) is 15.3. The van der Waals surface area contributed by atoms with E-state index in [1.54, 1.807) is 19.1 Å². The van der Waals surface area contributed by atoms with Crippen LogP contribution in [0.3, 0.4) is 0 Å². The Morgan fingerprint density at radius 2 is 2.08 bits per heavy atom. The smallest absolute Gasteiger partial charge is 0.339 e. The van der Waals surface area contributed by atoms with E-state index in [-0.39, 0.29) is 5.91 Å². The minimum Gasteiger partial charge on any atom is -0.445 e. The van der Waals surface area contributed by atoms with Gasteiger partial charge in [0.2, 0.25) is 0 Å². The normalized spacial score (nSPS) is 22.3. The molecule has 0 bridgehead atoms. The highest BCUT2D eigenvalue weighted by Crippen LogP contribution is 2.32. The zero-order valence-electron chi connectivity index (χ0n) is 13.4. The van der Waals surface area contributed by atoms with Crippen LogP contribution < -0.4 is 5.32 Å². The number of benzene rings is 1. The van der Waals surface area contributed by atoms with Crippen LogP contribution in [0.25, 0.3) is 0 Å². The molecule has 1 aromatic carbocycles. The van der Waals surface area contributed by atoms with Gasteiger partial charge in [0.1, 0.15) is 0 Å². The summed E-state index contributed by atoms with van der Waals surface area (Å²) in [5, 5.41) is 3.45. The van der Waals surface area contributed by atoms with Crippen molar-refractivity contribution in [1.29, 1.82) is 0 Å². The number of nitrogens with zero attached hydrogens (tertiary/aromatic N) is 1. The molecule has 24 heavy (non-hydrogen) atoms. The fraction of sp³-hybridized carbons (Fsp3) is 0.389. The average molecular weight is 342 g/mol. The number of anilines is 1. The van der Waals surface area contributed by atoms with Gasteiger partial charge in [-0.25, -0.2) is 9.78 Å². The Bertz CT molecular complexity index is 806. The first-order valence-corrected chi connectivity index (χ1v) is 8.98. The van der Waals surface area contributed by atoms with Crippen molar-refractivity contribution >= 4 is 28.3 Å². The van der Waals surface area contributed by atoms with E-state index in [0.717, 1.165) is 30.5 Å². The number of hydrogen-bond acceptors (Lipinski definition) is 5. The van der Waals surface area contributed by atoms with Gasteiger partial charge < -0.3 is 4.74 Å². The predicted octanol–water partition coefficient (Wildman–Crippen LogP) is 3.13. The van der Waals surface area contributed by atoms with Gasteiger partial charge in [0.25, 0.3) is 5.91 Å². The van der Waals surface area contributed by atoms with Crippen molar-refractivity contribution in [3.05, 3.63) is 46.0 Å². The van der Waals surface area contributed by atoms with Crippen LogP contribution in [-0.2, 0) is 28.8 Å². The van der Waals surface area contributed by atoms with Gasteiger partial charge in [0.15, 0.2) is 10.7 Å². The molecule has 0 saturated carbocycles. The summed E-state index contributed by atoms with van der Waals surface area (Å²) in [7, 11) is 0. The van der Waals surface area contributed by atoms with Crippen molar-refractivity contribution in [3.63, 3.8) is 0 Å². The monoisotopic (exact) mass is 342 g/mol. The van der Waals surface area contributed by atoms with E-state index >= 15 is 0 Å². The number of thiazole rings is 1. The van der Waals surface area contributed by atoms with Crippen LogP contribution in [0.4, 0.5) is 5.13 Å². The Kier molecular flexibility index (Phi) is 3.64. The number of carbonyl (C=O) groups excluding carboxylic acids is 2. The van der Waals surface area contributed by atoms with Crippen molar-refractivity contribution < 1.29 is 14.3 Å². The number of amides is 1. The molecule has 4 rings (SSSR count). The third kappa shape index (κ3) is 2.60. The van der Waals surface area contributed by atoms with E-state index in [0.29, 0.717) is 17.1 Å². The molecule has 2 aliphatic rings. The van der Waals surface area contributed by atoms with E-state index in [1.165, 1.54) is 22.6 Å². The van der Waals surface area contributed by atoms with Gasteiger partial charge in [0, 0.05) is 11.3 Å². The fourth-order valence-electron chi connectivity index (χ4n) is 3.29. The summed E-state index contributed by atoms with van der Waals surface area (Å²) in [6.45, 7) is 1.66. The van der Waals surface area contributed by atoms with Crippen LogP contribution >= 0.6 is 11.3 Å². The van der Waals surface area contributed by atoms with Gasteiger partial charge in [0.05, 0.1) is 11.3 Å². The van der Waals surface area contributed by atoms with E-state index < -0.39 is 11.6 Å². The molecule has 0 fully saturated rings.